The van der Waals surface area contributed by atoms with Gasteiger partial charge in [0.25, 0.3) is 0 Å². The largest absolute Gasteiger partial charge is 0.488 e. The van der Waals surface area contributed by atoms with Gasteiger partial charge in [0.15, 0.2) is 10.9 Å². The predicted molar refractivity (Wildman–Crippen MR) is 130 cm³/mol. The Morgan fingerprint density at radius 3 is 2.66 bits per heavy atom. The fourth-order valence-electron chi connectivity index (χ4n) is 4.05. The molecule has 1 aromatic carbocycles. The number of para-hydroxylation sites is 1. The van der Waals surface area contributed by atoms with Crippen molar-refractivity contribution < 1.29 is 18.7 Å². The average molecular weight is 502 g/mol. The fraction of sp³-hybridized carbons (Fsp3) is 0.440. The zero-order valence-electron chi connectivity index (χ0n) is 20.0. The quantitative estimate of drug-likeness (QED) is 0.443. The molecule has 1 N–H and O–H groups in total. The molecule has 0 atom stereocenters. The van der Waals surface area contributed by atoms with Gasteiger partial charge in [0, 0.05) is 17.8 Å². The summed E-state index contributed by atoms with van der Waals surface area (Å²) in [4.78, 5) is 20.4. The number of alkyl carbamates (subject to hydrolysis) is 1. The molecular formula is C25H29ClFN5O3. The second-order valence-corrected chi connectivity index (χ2v) is 10.0. The lowest BCUT2D eigenvalue weighted by Crippen LogP contribution is -2.41. The molecule has 0 radical (unpaired) electrons. The first-order valence-corrected chi connectivity index (χ1v) is 12.0. The summed E-state index contributed by atoms with van der Waals surface area (Å²) in [5.74, 6) is 0.296. The fourth-order valence-corrected chi connectivity index (χ4v) is 4.24. The van der Waals surface area contributed by atoms with Crippen LogP contribution in [0.15, 0.2) is 43.0 Å². The van der Waals surface area contributed by atoms with Gasteiger partial charge in [-0.05, 0) is 64.5 Å². The molecule has 0 aliphatic heterocycles. The third kappa shape index (κ3) is 6.48. The molecule has 0 bridgehead atoms. The Hall–Kier alpha value is -3.20. The van der Waals surface area contributed by atoms with Crippen LogP contribution in [0.4, 0.5) is 9.18 Å². The molecular weight excluding hydrogens is 473 g/mol. The number of nitrogens with one attached hydrogen (secondary N) is 1. The van der Waals surface area contributed by atoms with E-state index in [1.807, 2.05) is 20.8 Å². The first kappa shape index (κ1) is 24.9. The van der Waals surface area contributed by atoms with Gasteiger partial charge in [0.2, 0.25) is 0 Å². The van der Waals surface area contributed by atoms with Gasteiger partial charge in [-0.3, -0.25) is 0 Å². The van der Waals surface area contributed by atoms with E-state index in [1.54, 1.807) is 30.6 Å². The van der Waals surface area contributed by atoms with Crippen molar-refractivity contribution >= 4 is 17.7 Å². The van der Waals surface area contributed by atoms with Crippen LogP contribution in [0.3, 0.4) is 0 Å². The Kier molecular flexibility index (Phi) is 7.54. The van der Waals surface area contributed by atoms with Gasteiger partial charge in [-0.25, -0.2) is 23.8 Å². The molecule has 35 heavy (non-hydrogen) atoms. The third-order valence-corrected chi connectivity index (χ3v) is 6.02. The second-order valence-electron chi connectivity index (χ2n) is 9.64. The van der Waals surface area contributed by atoms with Gasteiger partial charge in [-0.2, -0.15) is 5.10 Å². The van der Waals surface area contributed by atoms with E-state index in [-0.39, 0.29) is 23.1 Å². The first-order valence-electron chi connectivity index (χ1n) is 11.6. The molecule has 0 spiro atoms. The Morgan fingerprint density at radius 2 is 1.94 bits per heavy atom. The number of ether oxygens (including phenoxy) is 2. The van der Waals surface area contributed by atoms with Gasteiger partial charge in [0.1, 0.15) is 29.1 Å². The van der Waals surface area contributed by atoms with Crippen LogP contribution in [0.25, 0.3) is 16.9 Å². The summed E-state index contributed by atoms with van der Waals surface area (Å²) in [6.45, 7) is 5.98. The third-order valence-electron chi connectivity index (χ3n) is 5.75. The Morgan fingerprint density at radius 1 is 1.20 bits per heavy atom. The summed E-state index contributed by atoms with van der Waals surface area (Å²) in [6, 6.07) is 6.48. The minimum absolute atomic E-state index is 0.0875. The SMILES string of the molecule is CC(C)(C)OC(=O)NC1CCC(COc2c(Cl)ncnc2-c2cnn(-c3ccccc3F)c2)CC1. The van der Waals surface area contributed by atoms with Crippen LogP contribution in [-0.4, -0.2) is 44.1 Å². The van der Waals surface area contributed by atoms with Gasteiger partial charge in [-0.1, -0.05) is 23.7 Å². The lowest BCUT2D eigenvalue weighted by atomic mass is 9.86. The number of halogens is 2. The van der Waals surface area contributed by atoms with E-state index in [0.717, 1.165) is 25.7 Å². The maximum atomic E-state index is 14.2. The van der Waals surface area contributed by atoms with Crippen molar-refractivity contribution in [3.63, 3.8) is 0 Å². The van der Waals surface area contributed by atoms with Crippen LogP contribution in [0.2, 0.25) is 5.15 Å². The highest BCUT2D eigenvalue weighted by Gasteiger charge is 2.26. The van der Waals surface area contributed by atoms with Crippen molar-refractivity contribution in [1.82, 2.24) is 25.1 Å². The van der Waals surface area contributed by atoms with E-state index in [2.05, 4.69) is 20.4 Å². The highest BCUT2D eigenvalue weighted by molar-refractivity contribution is 6.31. The molecule has 0 saturated heterocycles. The minimum Gasteiger partial charge on any atom is -0.488 e. The van der Waals surface area contributed by atoms with Crippen molar-refractivity contribution in [2.75, 3.05) is 6.61 Å². The van der Waals surface area contributed by atoms with E-state index < -0.39 is 5.60 Å². The first-order chi connectivity index (χ1) is 16.7. The zero-order chi connectivity index (χ0) is 25.0. The number of amides is 1. The number of hydrogen-bond donors (Lipinski definition) is 1. The molecule has 0 unspecified atom stereocenters. The van der Waals surface area contributed by atoms with Crippen LogP contribution in [-0.2, 0) is 4.74 Å². The number of nitrogens with zero attached hydrogens (tertiary/aromatic N) is 4. The van der Waals surface area contributed by atoms with E-state index in [1.165, 1.54) is 17.1 Å². The van der Waals surface area contributed by atoms with Crippen molar-refractivity contribution in [3.8, 4) is 22.7 Å². The standard InChI is InChI=1S/C25H29ClFN5O3/c1-25(2,3)35-24(33)31-18-10-8-16(9-11-18)14-34-22-21(28-15-29-23(22)26)17-12-30-32(13-17)20-7-5-4-6-19(20)27/h4-7,12-13,15-16,18H,8-11,14H2,1-3H3,(H,31,33). The number of hydrogen-bond acceptors (Lipinski definition) is 6. The van der Waals surface area contributed by atoms with Crippen molar-refractivity contribution in [2.45, 2.75) is 58.1 Å². The normalized spacial score (nSPS) is 18.2. The number of rotatable bonds is 6. The van der Waals surface area contributed by atoms with Gasteiger partial charge >= 0.3 is 6.09 Å². The number of benzene rings is 1. The van der Waals surface area contributed by atoms with Gasteiger partial charge < -0.3 is 14.8 Å². The van der Waals surface area contributed by atoms with Gasteiger partial charge in [0.05, 0.1) is 12.8 Å². The minimum atomic E-state index is -0.518. The van der Waals surface area contributed by atoms with Crippen molar-refractivity contribution in [3.05, 3.63) is 54.0 Å². The second kappa shape index (κ2) is 10.6. The number of aromatic nitrogens is 4. The van der Waals surface area contributed by atoms with E-state index >= 15 is 0 Å². The maximum absolute atomic E-state index is 14.2. The molecule has 1 aliphatic rings. The summed E-state index contributed by atoms with van der Waals surface area (Å²) in [5, 5.41) is 7.42. The lowest BCUT2D eigenvalue weighted by Gasteiger charge is -2.30. The summed E-state index contributed by atoms with van der Waals surface area (Å²) in [7, 11) is 0. The highest BCUT2D eigenvalue weighted by atomic mass is 35.5. The number of carbonyl (C=O) groups excluding carboxylic acids is 1. The molecule has 2 aromatic heterocycles. The molecule has 186 valence electrons. The highest BCUT2D eigenvalue weighted by Crippen LogP contribution is 2.34. The molecule has 1 saturated carbocycles. The molecule has 2 heterocycles. The summed E-state index contributed by atoms with van der Waals surface area (Å²) >= 11 is 6.35. The summed E-state index contributed by atoms with van der Waals surface area (Å²) in [6.07, 6.45) is 7.72. The average Bonchev–Trinajstić information content (AvgIpc) is 3.28. The van der Waals surface area contributed by atoms with Crippen LogP contribution < -0.4 is 10.1 Å². The molecule has 1 fully saturated rings. The maximum Gasteiger partial charge on any atom is 0.407 e. The monoisotopic (exact) mass is 501 g/mol. The van der Waals surface area contributed by atoms with Crippen LogP contribution in [0.5, 0.6) is 5.75 Å². The molecule has 3 aromatic rings. The van der Waals surface area contributed by atoms with Crippen molar-refractivity contribution in [2.24, 2.45) is 5.92 Å². The van der Waals surface area contributed by atoms with E-state index in [4.69, 9.17) is 21.1 Å². The molecule has 8 nitrogen and oxygen atoms in total. The predicted octanol–water partition coefficient (Wildman–Crippen LogP) is 5.58. The van der Waals surface area contributed by atoms with Crippen LogP contribution in [0.1, 0.15) is 46.5 Å². The van der Waals surface area contributed by atoms with E-state index in [0.29, 0.717) is 35.2 Å². The zero-order valence-corrected chi connectivity index (χ0v) is 20.8. The van der Waals surface area contributed by atoms with Crippen molar-refractivity contribution in [1.29, 1.82) is 0 Å². The van der Waals surface area contributed by atoms with E-state index in [9.17, 15) is 9.18 Å². The topological polar surface area (TPSA) is 91.2 Å². The summed E-state index contributed by atoms with van der Waals surface area (Å²) in [5.41, 5.74) is 0.944. The lowest BCUT2D eigenvalue weighted by molar-refractivity contribution is 0.0483. The summed E-state index contributed by atoms with van der Waals surface area (Å²) < 4.78 is 27.1. The van der Waals surface area contributed by atoms with Crippen LogP contribution >= 0.6 is 11.6 Å². The molecule has 10 heteroatoms. The Labute approximate surface area is 208 Å². The smallest absolute Gasteiger partial charge is 0.407 e. The number of carbonyl (C=O) groups is 1. The molecule has 4 rings (SSSR count). The Bertz CT molecular complexity index is 1170. The molecule has 1 aliphatic carbocycles. The van der Waals surface area contributed by atoms with Crippen LogP contribution in [0, 0.1) is 11.7 Å². The Balaban J connectivity index is 1.38. The van der Waals surface area contributed by atoms with Gasteiger partial charge in [-0.15, -0.1) is 0 Å². The molecule has 1 amide bonds.